The minimum Gasteiger partial charge on any atom is -0.396 e. The quantitative estimate of drug-likeness (QED) is 0.589. The number of hydrogen-bond donors (Lipinski definition) is 2. The molecule has 15 heavy (non-hydrogen) atoms. The SMILES string of the molecule is CCCCNC(=O)c1ccc(N)c(F)c1. The molecule has 0 heterocycles. The second-order valence-corrected chi connectivity index (χ2v) is 3.35. The molecule has 0 aliphatic rings. The third-order valence-corrected chi connectivity index (χ3v) is 2.08. The molecule has 0 saturated heterocycles. The highest BCUT2D eigenvalue weighted by Crippen LogP contribution is 2.11. The fourth-order valence-electron chi connectivity index (χ4n) is 1.15. The van der Waals surface area contributed by atoms with Crippen LogP contribution in [0, 0.1) is 5.82 Å². The van der Waals surface area contributed by atoms with Crippen molar-refractivity contribution in [3.8, 4) is 0 Å². The molecule has 0 spiro atoms. The summed E-state index contributed by atoms with van der Waals surface area (Å²) in [4.78, 5) is 11.5. The predicted octanol–water partition coefficient (Wildman–Crippen LogP) is 1.94. The van der Waals surface area contributed by atoms with E-state index in [0.717, 1.165) is 18.9 Å². The molecule has 0 aliphatic heterocycles. The van der Waals surface area contributed by atoms with Gasteiger partial charge < -0.3 is 11.1 Å². The van der Waals surface area contributed by atoms with Crippen LogP contribution < -0.4 is 11.1 Å². The summed E-state index contributed by atoms with van der Waals surface area (Å²) in [5, 5.41) is 2.70. The van der Waals surface area contributed by atoms with Gasteiger partial charge in [-0.1, -0.05) is 13.3 Å². The standard InChI is InChI=1S/C11H15FN2O/c1-2-3-6-14-11(15)8-4-5-10(13)9(12)7-8/h4-5,7H,2-3,6,13H2,1H3,(H,14,15). The molecule has 0 fully saturated rings. The molecule has 1 aromatic rings. The van der Waals surface area contributed by atoms with E-state index >= 15 is 0 Å². The maximum Gasteiger partial charge on any atom is 0.251 e. The van der Waals surface area contributed by atoms with Crippen LogP contribution in [0.15, 0.2) is 18.2 Å². The Hall–Kier alpha value is -1.58. The van der Waals surface area contributed by atoms with E-state index in [1.54, 1.807) is 0 Å². The summed E-state index contributed by atoms with van der Waals surface area (Å²) in [6.45, 7) is 2.65. The molecule has 1 rings (SSSR count). The number of carbonyl (C=O) groups excluding carboxylic acids is 1. The maximum atomic E-state index is 13.0. The van der Waals surface area contributed by atoms with Crippen molar-refractivity contribution in [3.63, 3.8) is 0 Å². The van der Waals surface area contributed by atoms with Crippen molar-refractivity contribution in [3.05, 3.63) is 29.6 Å². The van der Waals surface area contributed by atoms with Crippen molar-refractivity contribution < 1.29 is 9.18 Å². The molecule has 3 N–H and O–H groups in total. The lowest BCUT2D eigenvalue weighted by atomic mass is 10.2. The number of anilines is 1. The van der Waals surface area contributed by atoms with Crippen LogP contribution in [0.4, 0.5) is 10.1 Å². The Morgan fingerprint density at radius 3 is 2.87 bits per heavy atom. The number of amides is 1. The third kappa shape index (κ3) is 3.23. The van der Waals surface area contributed by atoms with Crippen LogP contribution in [0.25, 0.3) is 0 Å². The fraction of sp³-hybridized carbons (Fsp3) is 0.364. The van der Waals surface area contributed by atoms with Gasteiger partial charge in [-0.15, -0.1) is 0 Å². The van der Waals surface area contributed by atoms with Crippen LogP contribution in [-0.4, -0.2) is 12.5 Å². The summed E-state index contributed by atoms with van der Waals surface area (Å²) < 4.78 is 13.0. The van der Waals surface area contributed by atoms with Gasteiger partial charge in [0.1, 0.15) is 5.82 Å². The maximum absolute atomic E-state index is 13.0. The highest BCUT2D eigenvalue weighted by atomic mass is 19.1. The molecule has 0 bridgehead atoms. The third-order valence-electron chi connectivity index (χ3n) is 2.08. The summed E-state index contributed by atoms with van der Waals surface area (Å²) in [6, 6.07) is 4.06. The van der Waals surface area contributed by atoms with Gasteiger partial charge in [0.15, 0.2) is 0 Å². The zero-order valence-electron chi connectivity index (χ0n) is 8.72. The molecule has 0 unspecified atom stereocenters. The van der Waals surface area contributed by atoms with E-state index in [2.05, 4.69) is 5.32 Å². The lowest BCUT2D eigenvalue weighted by Gasteiger charge is -2.04. The molecule has 1 amide bonds. The predicted molar refractivity (Wildman–Crippen MR) is 58.1 cm³/mol. The number of rotatable bonds is 4. The molecule has 0 radical (unpaired) electrons. The highest BCUT2D eigenvalue weighted by molar-refractivity contribution is 5.94. The van der Waals surface area contributed by atoms with Gasteiger partial charge in [-0.2, -0.15) is 0 Å². The van der Waals surface area contributed by atoms with Crippen LogP contribution in [0.3, 0.4) is 0 Å². The largest absolute Gasteiger partial charge is 0.396 e. The van der Waals surface area contributed by atoms with Crippen molar-refractivity contribution in [2.45, 2.75) is 19.8 Å². The van der Waals surface area contributed by atoms with Crippen molar-refractivity contribution in [1.82, 2.24) is 5.32 Å². The molecule has 0 atom stereocenters. The monoisotopic (exact) mass is 210 g/mol. The fourth-order valence-corrected chi connectivity index (χ4v) is 1.15. The van der Waals surface area contributed by atoms with Gasteiger partial charge in [-0.3, -0.25) is 4.79 Å². The van der Waals surface area contributed by atoms with Crippen LogP contribution in [0.2, 0.25) is 0 Å². The minimum absolute atomic E-state index is 0.0557. The number of nitrogens with one attached hydrogen (secondary N) is 1. The Labute approximate surface area is 88.5 Å². The van der Waals surface area contributed by atoms with E-state index in [0.29, 0.717) is 12.1 Å². The first-order chi connectivity index (χ1) is 7.15. The number of benzene rings is 1. The van der Waals surface area contributed by atoms with Gasteiger partial charge in [-0.25, -0.2) is 4.39 Å². The van der Waals surface area contributed by atoms with Crippen LogP contribution >= 0.6 is 0 Å². The van der Waals surface area contributed by atoms with Gasteiger partial charge in [-0.05, 0) is 24.6 Å². The normalized spacial score (nSPS) is 10.0. The van der Waals surface area contributed by atoms with Crippen LogP contribution in [0.1, 0.15) is 30.1 Å². The number of nitrogen functional groups attached to an aromatic ring is 1. The second kappa shape index (κ2) is 5.34. The van der Waals surface area contributed by atoms with E-state index in [1.807, 2.05) is 6.92 Å². The first kappa shape index (κ1) is 11.5. The van der Waals surface area contributed by atoms with Crippen LogP contribution in [-0.2, 0) is 0 Å². The number of unbranched alkanes of at least 4 members (excludes halogenated alkanes) is 1. The Balaban J connectivity index is 2.62. The lowest BCUT2D eigenvalue weighted by molar-refractivity contribution is 0.0953. The zero-order valence-corrected chi connectivity index (χ0v) is 8.72. The van der Waals surface area contributed by atoms with Crippen molar-refractivity contribution in [2.24, 2.45) is 0 Å². The molecule has 3 nitrogen and oxygen atoms in total. The summed E-state index contributed by atoms with van der Waals surface area (Å²) in [7, 11) is 0. The van der Waals surface area contributed by atoms with Crippen molar-refractivity contribution >= 4 is 11.6 Å². The Bertz CT molecular complexity index is 352. The Morgan fingerprint density at radius 1 is 1.53 bits per heavy atom. The topological polar surface area (TPSA) is 55.1 Å². The van der Waals surface area contributed by atoms with Crippen molar-refractivity contribution in [2.75, 3.05) is 12.3 Å². The van der Waals surface area contributed by atoms with Gasteiger partial charge in [0, 0.05) is 12.1 Å². The van der Waals surface area contributed by atoms with E-state index in [-0.39, 0.29) is 11.6 Å². The number of hydrogen-bond acceptors (Lipinski definition) is 2. The summed E-state index contributed by atoms with van der Waals surface area (Å²) in [5.74, 6) is -0.819. The molecule has 82 valence electrons. The second-order valence-electron chi connectivity index (χ2n) is 3.35. The molecule has 4 heteroatoms. The van der Waals surface area contributed by atoms with E-state index in [4.69, 9.17) is 5.73 Å². The van der Waals surface area contributed by atoms with Crippen molar-refractivity contribution in [1.29, 1.82) is 0 Å². The average molecular weight is 210 g/mol. The highest BCUT2D eigenvalue weighted by Gasteiger charge is 2.07. The molecule has 1 aromatic carbocycles. The molecule has 0 saturated carbocycles. The van der Waals surface area contributed by atoms with Gasteiger partial charge in [0.2, 0.25) is 0 Å². The summed E-state index contributed by atoms with van der Waals surface area (Å²) in [5.41, 5.74) is 5.66. The molecular weight excluding hydrogens is 195 g/mol. The lowest BCUT2D eigenvalue weighted by Crippen LogP contribution is -2.24. The molecule has 0 aromatic heterocycles. The zero-order chi connectivity index (χ0) is 11.3. The molecule has 0 aliphatic carbocycles. The minimum atomic E-state index is -0.557. The van der Waals surface area contributed by atoms with Gasteiger partial charge in [0.25, 0.3) is 5.91 Å². The molecular formula is C11H15FN2O. The van der Waals surface area contributed by atoms with E-state index in [9.17, 15) is 9.18 Å². The number of carbonyl (C=O) groups is 1. The summed E-state index contributed by atoms with van der Waals surface area (Å²) >= 11 is 0. The van der Waals surface area contributed by atoms with E-state index in [1.165, 1.54) is 12.1 Å². The Kier molecular flexibility index (Phi) is 4.09. The van der Waals surface area contributed by atoms with E-state index < -0.39 is 5.82 Å². The number of nitrogens with two attached hydrogens (primary N) is 1. The first-order valence-corrected chi connectivity index (χ1v) is 4.98. The first-order valence-electron chi connectivity index (χ1n) is 4.98. The summed E-state index contributed by atoms with van der Waals surface area (Å²) in [6.07, 6.45) is 1.93. The smallest absolute Gasteiger partial charge is 0.251 e. The average Bonchev–Trinajstić information content (AvgIpc) is 2.22. The Morgan fingerprint density at radius 2 is 2.27 bits per heavy atom. The van der Waals surface area contributed by atoms with Gasteiger partial charge in [0.05, 0.1) is 5.69 Å². The number of halogens is 1. The van der Waals surface area contributed by atoms with Crippen LogP contribution in [0.5, 0.6) is 0 Å². The van der Waals surface area contributed by atoms with Gasteiger partial charge >= 0.3 is 0 Å².